The minimum Gasteiger partial charge on any atom is -0.344 e. The van der Waals surface area contributed by atoms with Crippen molar-refractivity contribution in [3.63, 3.8) is 0 Å². The van der Waals surface area contributed by atoms with E-state index in [1.807, 2.05) is 30.3 Å². The average Bonchev–Trinajstić information content (AvgIpc) is 3.28. The SMILES string of the molecule is O=C(NCc1nnc(-c2ccccc2)s1)c1cn(C2CS(=O)(=O)C2)nn1. The Bertz CT molecular complexity index is 1030. The molecule has 0 bridgehead atoms. The van der Waals surface area contributed by atoms with Gasteiger partial charge in [0.05, 0.1) is 30.3 Å². The van der Waals surface area contributed by atoms with Crippen molar-refractivity contribution in [1.82, 2.24) is 30.5 Å². The Kier molecular flexibility index (Phi) is 4.24. The molecule has 1 aliphatic rings. The number of amides is 1. The smallest absolute Gasteiger partial charge is 0.273 e. The summed E-state index contributed by atoms with van der Waals surface area (Å²) in [7, 11) is -2.96. The Labute approximate surface area is 153 Å². The van der Waals surface area contributed by atoms with E-state index in [1.54, 1.807) is 0 Å². The Morgan fingerprint density at radius 1 is 1.19 bits per heavy atom. The molecule has 0 saturated carbocycles. The van der Waals surface area contributed by atoms with Gasteiger partial charge >= 0.3 is 0 Å². The van der Waals surface area contributed by atoms with Crippen LogP contribution in [0.15, 0.2) is 36.5 Å². The largest absolute Gasteiger partial charge is 0.344 e. The molecule has 0 spiro atoms. The number of aromatic nitrogens is 5. The molecule has 4 rings (SSSR count). The summed E-state index contributed by atoms with van der Waals surface area (Å²) >= 11 is 1.40. The summed E-state index contributed by atoms with van der Waals surface area (Å²) in [5.41, 5.74) is 1.11. The van der Waals surface area contributed by atoms with Crippen molar-refractivity contribution in [1.29, 1.82) is 0 Å². The van der Waals surface area contributed by atoms with Crippen molar-refractivity contribution in [3.05, 3.63) is 47.2 Å². The van der Waals surface area contributed by atoms with Crippen LogP contribution in [-0.2, 0) is 16.4 Å². The van der Waals surface area contributed by atoms with Gasteiger partial charge in [0.15, 0.2) is 15.5 Å². The first kappa shape index (κ1) is 16.8. The number of benzene rings is 1. The number of carbonyl (C=O) groups excluding carboxylic acids is 1. The van der Waals surface area contributed by atoms with Gasteiger partial charge in [0.1, 0.15) is 10.0 Å². The van der Waals surface area contributed by atoms with Crippen molar-refractivity contribution in [2.75, 3.05) is 11.5 Å². The van der Waals surface area contributed by atoms with Gasteiger partial charge in [0.25, 0.3) is 5.91 Å². The monoisotopic (exact) mass is 390 g/mol. The molecule has 1 amide bonds. The lowest BCUT2D eigenvalue weighted by Gasteiger charge is -2.24. The number of carbonyl (C=O) groups is 1. The van der Waals surface area contributed by atoms with Crippen molar-refractivity contribution in [2.45, 2.75) is 12.6 Å². The molecule has 11 heteroatoms. The van der Waals surface area contributed by atoms with Crippen LogP contribution in [0.4, 0.5) is 0 Å². The number of rotatable bonds is 5. The van der Waals surface area contributed by atoms with Crippen molar-refractivity contribution in [3.8, 4) is 10.6 Å². The molecule has 2 aromatic heterocycles. The van der Waals surface area contributed by atoms with E-state index in [9.17, 15) is 13.2 Å². The Morgan fingerprint density at radius 3 is 2.69 bits per heavy atom. The van der Waals surface area contributed by atoms with E-state index < -0.39 is 15.7 Å². The van der Waals surface area contributed by atoms with E-state index >= 15 is 0 Å². The molecular weight excluding hydrogens is 376 g/mol. The van der Waals surface area contributed by atoms with Crippen LogP contribution in [0.1, 0.15) is 21.5 Å². The van der Waals surface area contributed by atoms with Gasteiger partial charge in [-0.3, -0.25) is 4.79 Å². The normalized spacial score (nSPS) is 16.2. The van der Waals surface area contributed by atoms with Gasteiger partial charge in [-0.1, -0.05) is 46.9 Å². The predicted octanol–water partition coefficient (Wildman–Crippen LogP) is 0.696. The molecule has 1 aliphatic heterocycles. The highest BCUT2D eigenvalue weighted by atomic mass is 32.2. The zero-order chi connectivity index (χ0) is 18.1. The summed E-state index contributed by atoms with van der Waals surface area (Å²) in [5, 5.41) is 20.0. The van der Waals surface area contributed by atoms with E-state index in [0.717, 1.165) is 10.6 Å². The molecule has 0 unspecified atom stereocenters. The lowest BCUT2D eigenvalue weighted by Crippen LogP contribution is -2.38. The van der Waals surface area contributed by atoms with Crippen LogP contribution < -0.4 is 5.32 Å². The molecule has 0 radical (unpaired) electrons. The van der Waals surface area contributed by atoms with Crippen LogP contribution >= 0.6 is 11.3 Å². The van der Waals surface area contributed by atoms with E-state index in [0.29, 0.717) is 5.01 Å². The molecule has 1 N–H and O–H groups in total. The summed E-state index contributed by atoms with van der Waals surface area (Å²) < 4.78 is 23.9. The lowest BCUT2D eigenvalue weighted by molar-refractivity contribution is 0.0945. The van der Waals surface area contributed by atoms with Crippen molar-refractivity contribution < 1.29 is 13.2 Å². The minimum absolute atomic E-state index is 0.0322. The van der Waals surface area contributed by atoms with Gasteiger partial charge in [0, 0.05) is 5.56 Å². The van der Waals surface area contributed by atoms with Crippen LogP contribution in [0, 0.1) is 0 Å². The minimum atomic E-state index is -2.96. The summed E-state index contributed by atoms with van der Waals surface area (Å²) in [5.74, 6) is -0.329. The van der Waals surface area contributed by atoms with E-state index in [1.165, 1.54) is 22.2 Å². The maximum absolute atomic E-state index is 12.2. The number of nitrogens with zero attached hydrogens (tertiary/aromatic N) is 5. The molecule has 0 aliphatic carbocycles. The molecule has 26 heavy (non-hydrogen) atoms. The molecule has 1 fully saturated rings. The number of nitrogens with one attached hydrogen (secondary N) is 1. The fourth-order valence-electron chi connectivity index (χ4n) is 2.52. The van der Waals surface area contributed by atoms with E-state index in [-0.39, 0.29) is 29.8 Å². The Hall–Kier alpha value is -2.66. The second-order valence-corrected chi connectivity index (χ2v) is 9.08. The number of sulfone groups is 1. The molecule has 134 valence electrons. The van der Waals surface area contributed by atoms with Gasteiger partial charge in [-0.2, -0.15) is 0 Å². The first-order valence-electron chi connectivity index (χ1n) is 7.78. The fraction of sp³-hybridized carbons (Fsp3) is 0.267. The second-order valence-electron chi connectivity index (χ2n) is 5.86. The van der Waals surface area contributed by atoms with E-state index in [2.05, 4.69) is 25.8 Å². The second kappa shape index (κ2) is 6.57. The average molecular weight is 390 g/mol. The maximum Gasteiger partial charge on any atom is 0.273 e. The molecule has 1 aromatic carbocycles. The quantitative estimate of drug-likeness (QED) is 0.681. The van der Waals surface area contributed by atoms with Crippen LogP contribution in [0.2, 0.25) is 0 Å². The van der Waals surface area contributed by atoms with Crippen LogP contribution in [0.25, 0.3) is 10.6 Å². The topological polar surface area (TPSA) is 120 Å². The molecule has 0 atom stereocenters. The lowest BCUT2D eigenvalue weighted by atomic mass is 10.2. The van der Waals surface area contributed by atoms with Crippen LogP contribution in [0.3, 0.4) is 0 Å². The first-order chi connectivity index (χ1) is 12.5. The van der Waals surface area contributed by atoms with Gasteiger partial charge in [-0.25, -0.2) is 13.1 Å². The highest BCUT2D eigenvalue weighted by molar-refractivity contribution is 7.92. The first-order valence-corrected chi connectivity index (χ1v) is 10.4. The number of hydrogen-bond donors (Lipinski definition) is 1. The highest BCUT2D eigenvalue weighted by Crippen LogP contribution is 2.23. The van der Waals surface area contributed by atoms with Crippen LogP contribution in [0.5, 0.6) is 0 Å². The molecule has 9 nitrogen and oxygen atoms in total. The van der Waals surface area contributed by atoms with Gasteiger partial charge in [-0.05, 0) is 0 Å². The van der Waals surface area contributed by atoms with Gasteiger partial charge < -0.3 is 5.32 Å². The molecule has 1 saturated heterocycles. The third kappa shape index (κ3) is 3.48. The summed E-state index contributed by atoms with van der Waals surface area (Å²) in [6.07, 6.45) is 1.46. The third-order valence-electron chi connectivity index (χ3n) is 3.90. The third-order valence-corrected chi connectivity index (χ3v) is 6.66. The Morgan fingerprint density at radius 2 is 1.96 bits per heavy atom. The van der Waals surface area contributed by atoms with Crippen molar-refractivity contribution >= 4 is 27.1 Å². The fourth-order valence-corrected chi connectivity index (χ4v) is 4.68. The zero-order valence-electron chi connectivity index (χ0n) is 13.4. The maximum atomic E-state index is 12.2. The van der Waals surface area contributed by atoms with Gasteiger partial charge in [-0.15, -0.1) is 15.3 Å². The number of hydrogen-bond acceptors (Lipinski definition) is 8. The highest BCUT2D eigenvalue weighted by Gasteiger charge is 2.35. The standard InChI is InChI=1S/C15H14N6O3S2/c22-14(12-7-21(20-17-12)11-8-26(23,24)9-11)16-6-13-18-19-15(25-13)10-4-2-1-3-5-10/h1-5,7,11H,6,8-9H2,(H,16,22). The summed E-state index contributed by atoms with van der Waals surface area (Å²) in [4.78, 5) is 12.2. The van der Waals surface area contributed by atoms with Crippen molar-refractivity contribution in [2.24, 2.45) is 0 Å². The Balaban J connectivity index is 1.36. The molecule has 3 aromatic rings. The van der Waals surface area contributed by atoms with Crippen LogP contribution in [-0.4, -0.2) is 51.0 Å². The summed E-state index contributed by atoms with van der Waals surface area (Å²) in [6.45, 7) is 0.230. The molecular formula is C15H14N6O3S2. The zero-order valence-corrected chi connectivity index (χ0v) is 15.1. The van der Waals surface area contributed by atoms with Gasteiger partial charge in [0.2, 0.25) is 0 Å². The molecule has 3 heterocycles. The summed E-state index contributed by atoms with van der Waals surface area (Å²) in [6, 6.07) is 9.43. The predicted molar refractivity (Wildman–Crippen MR) is 94.2 cm³/mol. The van der Waals surface area contributed by atoms with E-state index in [4.69, 9.17) is 0 Å².